The summed E-state index contributed by atoms with van der Waals surface area (Å²) in [5, 5.41) is 2.32. The Labute approximate surface area is 271 Å². The predicted octanol–water partition coefficient (Wildman–Crippen LogP) is 11.5. The van der Waals surface area contributed by atoms with Gasteiger partial charge in [0.15, 0.2) is 0 Å². The number of benzene rings is 5. The van der Waals surface area contributed by atoms with Crippen LogP contribution in [0.1, 0.15) is 50.7 Å². The lowest BCUT2D eigenvalue weighted by Gasteiger charge is -2.26. The van der Waals surface area contributed by atoms with Crippen LogP contribution in [-0.4, -0.2) is 14.5 Å². The molecule has 2 aromatic heterocycles. The van der Waals surface area contributed by atoms with E-state index in [1.54, 1.807) is 0 Å². The molecular weight excluding hydrogens is 560 g/mol. The molecule has 4 nitrogen and oxygen atoms in total. The average Bonchev–Trinajstić information content (AvgIpc) is 3.58. The standard InChI is InChI=1S/C42H38N4/c1-29(2)37-21-12-22-38(30(3)4)41(37)45-26-25-44-42(45)33-15-11-19-36(28-33)46(34-16-6-5-7-17-34)35-18-10-14-32(27-35)40-39-20-9-8-13-31(39)23-24-43-40/h5-30H,1-4H3. The molecule has 0 amide bonds. The molecule has 4 heteroatoms. The molecule has 0 saturated heterocycles. The third-order valence-electron chi connectivity index (χ3n) is 8.65. The summed E-state index contributed by atoms with van der Waals surface area (Å²) < 4.78 is 2.28. The number of aromatic nitrogens is 3. The fourth-order valence-electron chi connectivity index (χ4n) is 6.44. The number of nitrogens with zero attached hydrogens (tertiary/aromatic N) is 4. The number of fused-ring (bicyclic) bond motifs is 1. The number of imidazole rings is 1. The Bertz CT molecular complexity index is 2090. The predicted molar refractivity (Wildman–Crippen MR) is 193 cm³/mol. The Balaban J connectivity index is 1.37. The molecule has 0 aliphatic carbocycles. The Morgan fingerprint density at radius 2 is 1.15 bits per heavy atom. The Kier molecular flexibility index (Phi) is 7.94. The van der Waals surface area contributed by atoms with Crippen LogP contribution in [0.15, 0.2) is 146 Å². The van der Waals surface area contributed by atoms with Crippen molar-refractivity contribution in [2.75, 3.05) is 4.90 Å². The van der Waals surface area contributed by atoms with Crippen molar-refractivity contribution in [1.29, 1.82) is 0 Å². The monoisotopic (exact) mass is 598 g/mol. The van der Waals surface area contributed by atoms with E-state index >= 15 is 0 Å². The highest BCUT2D eigenvalue weighted by atomic mass is 15.1. The van der Waals surface area contributed by atoms with Crippen LogP contribution >= 0.6 is 0 Å². The first-order valence-electron chi connectivity index (χ1n) is 16.1. The van der Waals surface area contributed by atoms with Gasteiger partial charge in [-0.25, -0.2) is 4.98 Å². The van der Waals surface area contributed by atoms with E-state index in [-0.39, 0.29) is 0 Å². The van der Waals surface area contributed by atoms with Crippen LogP contribution in [0.25, 0.3) is 39.1 Å². The molecule has 7 rings (SSSR count). The van der Waals surface area contributed by atoms with Crippen molar-refractivity contribution in [2.45, 2.75) is 39.5 Å². The van der Waals surface area contributed by atoms with Gasteiger partial charge in [-0.2, -0.15) is 0 Å². The number of anilines is 3. The zero-order valence-electron chi connectivity index (χ0n) is 26.8. The molecule has 0 spiro atoms. The number of para-hydroxylation sites is 2. The SMILES string of the molecule is CC(C)c1cccc(C(C)C)c1-n1ccnc1-c1cccc(N(c2ccccc2)c2cccc(-c3nccc4ccccc34)c2)c1. The first kappa shape index (κ1) is 29.2. The van der Waals surface area contributed by atoms with Crippen molar-refractivity contribution < 1.29 is 0 Å². The zero-order chi connectivity index (χ0) is 31.6. The lowest BCUT2D eigenvalue weighted by molar-refractivity contribution is 0.807. The maximum Gasteiger partial charge on any atom is 0.144 e. The molecule has 0 aliphatic heterocycles. The minimum atomic E-state index is 0.382. The highest BCUT2D eigenvalue weighted by Crippen LogP contribution is 2.39. The second-order valence-electron chi connectivity index (χ2n) is 12.4. The van der Waals surface area contributed by atoms with Crippen LogP contribution in [0.5, 0.6) is 0 Å². The van der Waals surface area contributed by atoms with E-state index in [1.165, 1.54) is 22.2 Å². The largest absolute Gasteiger partial charge is 0.310 e. The molecule has 46 heavy (non-hydrogen) atoms. The summed E-state index contributed by atoms with van der Waals surface area (Å²) in [7, 11) is 0. The van der Waals surface area contributed by atoms with Gasteiger partial charge < -0.3 is 4.90 Å². The summed E-state index contributed by atoms with van der Waals surface area (Å²) in [6.07, 6.45) is 5.91. The minimum absolute atomic E-state index is 0.382. The van der Waals surface area contributed by atoms with Gasteiger partial charge >= 0.3 is 0 Å². The third-order valence-corrected chi connectivity index (χ3v) is 8.65. The molecule has 0 atom stereocenters. The van der Waals surface area contributed by atoms with Gasteiger partial charge in [-0.15, -0.1) is 0 Å². The van der Waals surface area contributed by atoms with Crippen LogP contribution in [0.2, 0.25) is 0 Å². The molecule has 5 aromatic carbocycles. The maximum atomic E-state index is 4.93. The molecule has 0 saturated carbocycles. The quantitative estimate of drug-likeness (QED) is 0.174. The second kappa shape index (κ2) is 12.5. The first-order valence-corrected chi connectivity index (χ1v) is 16.1. The fourth-order valence-corrected chi connectivity index (χ4v) is 6.44. The van der Waals surface area contributed by atoms with E-state index in [0.717, 1.165) is 45.1 Å². The van der Waals surface area contributed by atoms with E-state index in [9.17, 15) is 0 Å². The lowest BCUT2D eigenvalue weighted by Crippen LogP contribution is -2.11. The molecule has 226 valence electrons. The number of pyridine rings is 1. The molecule has 0 aliphatic rings. The highest BCUT2D eigenvalue weighted by Gasteiger charge is 2.20. The number of hydrogen-bond donors (Lipinski definition) is 0. The van der Waals surface area contributed by atoms with Crippen molar-refractivity contribution in [3.63, 3.8) is 0 Å². The number of rotatable bonds is 8. The molecule has 0 fully saturated rings. The van der Waals surface area contributed by atoms with Gasteiger partial charge in [0.25, 0.3) is 0 Å². The van der Waals surface area contributed by atoms with Gasteiger partial charge in [0, 0.05) is 52.2 Å². The van der Waals surface area contributed by atoms with Crippen molar-refractivity contribution in [1.82, 2.24) is 14.5 Å². The van der Waals surface area contributed by atoms with Crippen molar-refractivity contribution in [3.05, 3.63) is 157 Å². The molecule has 7 aromatic rings. The minimum Gasteiger partial charge on any atom is -0.310 e. The Hall–Kier alpha value is -5.48. The Morgan fingerprint density at radius 1 is 0.543 bits per heavy atom. The van der Waals surface area contributed by atoms with Gasteiger partial charge in [-0.3, -0.25) is 9.55 Å². The van der Waals surface area contributed by atoms with Gasteiger partial charge in [0.2, 0.25) is 0 Å². The molecule has 0 N–H and O–H groups in total. The smallest absolute Gasteiger partial charge is 0.144 e. The number of hydrogen-bond acceptors (Lipinski definition) is 3. The van der Waals surface area contributed by atoms with Crippen LogP contribution in [0.3, 0.4) is 0 Å². The maximum absolute atomic E-state index is 4.93. The van der Waals surface area contributed by atoms with Crippen molar-refractivity contribution >= 4 is 27.8 Å². The summed E-state index contributed by atoms with van der Waals surface area (Å²) in [6, 6.07) is 45.1. The summed E-state index contributed by atoms with van der Waals surface area (Å²) in [5.74, 6) is 1.69. The normalized spacial score (nSPS) is 11.4. The summed E-state index contributed by atoms with van der Waals surface area (Å²) >= 11 is 0. The van der Waals surface area contributed by atoms with Crippen molar-refractivity contribution in [3.8, 4) is 28.3 Å². The Morgan fingerprint density at radius 3 is 1.87 bits per heavy atom. The van der Waals surface area contributed by atoms with Crippen LogP contribution in [0.4, 0.5) is 17.1 Å². The average molecular weight is 599 g/mol. The van der Waals surface area contributed by atoms with E-state index < -0.39 is 0 Å². The third kappa shape index (κ3) is 5.48. The summed E-state index contributed by atoms with van der Waals surface area (Å²) in [6.45, 7) is 9.05. The molecule has 0 bridgehead atoms. The van der Waals surface area contributed by atoms with E-state index in [2.05, 4.69) is 171 Å². The summed E-state index contributed by atoms with van der Waals surface area (Å²) in [4.78, 5) is 12.1. The fraction of sp³-hybridized carbons (Fsp3) is 0.143. The van der Waals surface area contributed by atoms with Crippen molar-refractivity contribution in [2.24, 2.45) is 0 Å². The zero-order valence-corrected chi connectivity index (χ0v) is 26.8. The molecule has 0 radical (unpaired) electrons. The lowest BCUT2D eigenvalue weighted by atomic mass is 9.92. The van der Waals surface area contributed by atoms with Gasteiger partial charge in [-0.05, 0) is 70.8 Å². The van der Waals surface area contributed by atoms with Crippen LogP contribution < -0.4 is 4.90 Å². The van der Waals surface area contributed by atoms with Crippen LogP contribution in [-0.2, 0) is 0 Å². The van der Waals surface area contributed by atoms with Gasteiger partial charge in [-0.1, -0.05) is 113 Å². The first-order chi connectivity index (χ1) is 22.5. The van der Waals surface area contributed by atoms with E-state index in [4.69, 9.17) is 9.97 Å². The van der Waals surface area contributed by atoms with Crippen LogP contribution in [0, 0.1) is 0 Å². The molecule has 2 heterocycles. The van der Waals surface area contributed by atoms with E-state index in [1.807, 2.05) is 12.4 Å². The molecular formula is C42H38N4. The highest BCUT2D eigenvalue weighted by molar-refractivity contribution is 5.95. The summed E-state index contributed by atoms with van der Waals surface area (Å²) in [5.41, 5.74) is 10.2. The molecule has 0 unspecified atom stereocenters. The van der Waals surface area contributed by atoms with E-state index in [0.29, 0.717) is 11.8 Å². The topological polar surface area (TPSA) is 34.0 Å². The second-order valence-corrected chi connectivity index (χ2v) is 12.4. The van der Waals surface area contributed by atoms with Gasteiger partial charge in [0.05, 0.1) is 11.4 Å². The van der Waals surface area contributed by atoms with Gasteiger partial charge in [0.1, 0.15) is 5.82 Å².